The largest absolute Gasteiger partial charge is 0.321 e. The lowest BCUT2D eigenvalue weighted by Gasteiger charge is -2.26. The smallest absolute Gasteiger partial charge is 0.276 e. The van der Waals surface area contributed by atoms with Gasteiger partial charge in [0.2, 0.25) is 10.0 Å². The highest BCUT2D eigenvalue weighted by Crippen LogP contribution is 2.41. The molecule has 168 valence electrons. The lowest BCUT2D eigenvalue weighted by atomic mass is 10.1. The average Bonchev–Trinajstić information content (AvgIpc) is 3.46. The predicted octanol–water partition coefficient (Wildman–Crippen LogP) is 4.60. The second kappa shape index (κ2) is 8.22. The highest BCUT2D eigenvalue weighted by Gasteiger charge is 2.33. The number of anilines is 1. The number of benzene rings is 1. The van der Waals surface area contributed by atoms with Crippen molar-refractivity contribution < 1.29 is 13.2 Å². The number of nitrogens with one attached hydrogen (secondary N) is 1. The van der Waals surface area contributed by atoms with Crippen molar-refractivity contribution in [1.82, 2.24) is 14.1 Å². The van der Waals surface area contributed by atoms with Crippen molar-refractivity contribution in [3.63, 3.8) is 0 Å². The van der Waals surface area contributed by atoms with E-state index in [1.165, 1.54) is 16.4 Å². The van der Waals surface area contributed by atoms with E-state index in [1.807, 2.05) is 10.7 Å². The topological polar surface area (TPSA) is 84.3 Å². The van der Waals surface area contributed by atoms with Gasteiger partial charge >= 0.3 is 0 Å². The number of carbonyl (C=O) groups is 1. The van der Waals surface area contributed by atoms with E-state index in [9.17, 15) is 13.2 Å². The molecule has 2 heterocycles. The van der Waals surface area contributed by atoms with Crippen LogP contribution in [0.15, 0.2) is 29.2 Å². The molecule has 1 aromatic heterocycles. The number of rotatable bonds is 5. The van der Waals surface area contributed by atoms with Crippen LogP contribution in [0.2, 0.25) is 5.02 Å². The normalized spacial score (nSPS) is 18.2. The van der Waals surface area contributed by atoms with Crippen LogP contribution in [-0.2, 0) is 15.6 Å². The van der Waals surface area contributed by atoms with Gasteiger partial charge in [0.15, 0.2) is 5.69 Å². The number of aromatic nitrogens is 2. The van der Waals surface area contributed by atoms with Gasteiger partial charge in [-0.05, 0) is 70.7 Å². The van der Waals surface area contributed by atoms with Crippen LogP contribution < -0.4 is 5.32 Å². The van der Waals surface area contributed by atoms with E-state index in [-0.39, 0.29) is 21.4 Å². The number of piperidine rings is 1. The number of hydrogen-bond donors (Lipinski definition) is 1. The minimum absolute atomic E-state index is 0.0211. The maximum absolute atomic E-state index is 13.1. The number of halogens is 1. The first-order valence-corrected chi connectivity index (χ1v) is 12.6. The molecular weight excluding hydrogens is 436 g/mol. The minimum atomic E-state index is -3.71. The second-order valence-electron chi connectivity index (χ2n) is 9.38. The molecule has 1 saturated carbocycles. The van der Waals surface area contributed by atoms with Gasteiger partial charge in [0.05, 0.1) is 10.6 Å². The SMILES string of the molecule is CC(C)(C)n1nc(C(=O)Nc2ccc(Cl)c(S(=O)(=O)N3CCCCC3)c2)cc1C1CC1. The van der Waals surface area contributed by atoms with Crippen LogP contribution in [0.4, 0.5) is 5.69 Å². The highest BCUT2D eigenvalue weighted by molar-refractivity contribution is 7.89. The molecule has 0 unspecified atom stereocenters. The summed E-state index contributed by atoms with van der Waals surface area (Å²) in [6.45, 7) is 7.16. The summed E-state index contributed by atoms with van der Waals surface area (Å²) >= 11 is 6.24. The van der Waals surface area contributed by atoms with E-state index in [1.54, 1.807) is 6.07 Å². The Morgan fingerprint density at radius 2 is 1.81 bits per heavy atom. The van der Waals surface area contributed by atoms with Crippen molar-refractivity contribution in [2.75, 3.05) is 18.4 Å². The fourth-order valence-corrected chi connectivity index (χ4v) is 5.95. The van der Waals surface area contributed by atoms with Gasteiger partial charge in [-0.15, -0.1) is 0 Å². The van der Waals surface area contributed by atoms with E-state index < -0.39 is 10.0 Å². The summed E-state index contributed by atoms with van der Waals surface area (Å²) < 4.78 is 29.5. The van der Waals surface area contributed by atoms with E-state index >= 15 is 0 Å². The number of hydrogen-bond acceptors (Lipinski definition) is 4. The molecule has 1 aromatic carbocycles. The lowest BCUT2D eigenvalue weighted by Crippen LogP contribution is -2.35. The Kier molecular flexibility index (Phi) is 5.91. The summed E-state index contributed by atoms with van der Waals surface area (Å²) in [6, 6.07) is 6.40. The van der Waals surface area contributed by atoms with Crippen molar-refractivity contribution in [3.8, 4) is 0 Å². The molecule has 1 amide bonds. The lowest BCUT2D eigenvalue weighted by molar-refractivity contribution is 0.102. The summed E-state index contributed by atoms with van der Waals surface area (Å²) in [5, 5.41) is 7.50. The standard InChI is InChI=1S/C22H29ClN4O3S/c1-22(2,3)27-19(15-7-8-15)14-18(25-27)21(28)24-16-9-10-17(23)20(13-16)31(29,30)26-11-5-4-6-12-26/h9-10,13-15H,4-8,11-12H2,1-3H3,(H,24,28). The van der Waals surface area contributed by atoms with Gasteiger partial charge in [-0.3, -0.25) is 9.48 Å². The molecule has 0 bridgehead atoms. The van der Waals surface area contributed by atoms with Gasteiger partial charge in [0.25, 0.3) is 5.91 Å². The number of sulfonamides is 1. The molecule has 0 spiro atoms. The van der Waals surface area contributed by atoms with Crippen molar-refractivity contribution in [2.45, 2.75) is 69.2 Å². The Morgan fingerprint density at radius 3 is 2.42 bits per heavy atom. The number of nitrogens with zero attached hydrogens (tertiary/aromatic N) is 3. The second-order valence-corrected chi connectivity index (χ2v) is 11.7. The molecule has 2 aliphatic rings. The molecular formula is C22H29ClN4O3S. The molecule has 1 aliphatic heterocycles. The molecule has 1 N–H and O–H groups in total. The zero-order valence-electron chi connectivity index (χ0n) is 18.2. The first kappa shape index (κ1) is 22.3. The highest BCUT2D eigenvalue weighted by atomic mass is 35.5. The fourth-order valence-electron chi connectivity index (χ4n) is 3.93. The Labute approximate surface area is 188 Å². The summed E-state index contributed by atoms with van der Waals surface area (Å²) in [4.78, 5) is 12.9. The Bertz CT molecular complexity index is 1090. The van der Waals surface area contributed by atoms with Crippen LogP contribution in [0.3, 0.4) is 0 Å². The average molecular weight is 465 g/mol. The van der Waals surface area contributed by atoms with Gasteiger partial charge in [0, 0.05) is 30.4 Å². The van der Waals surface area contributed by atoms with E-state index in [2.05, 4.69) is 31.2 Å². The fraction of sp³-hybridized carbons (Fsp3) is 0.545. The maximum atomic E-state index is 13.1. The number of carbonyl (C=O) groups excluding carboxylic acids is 1. The molecule has 2 aromatic rings. The summed E-state index contributed by atoms with van der Waals surface area (Å²) in [6.07, 6.45) is 4.93. The zero-order valence-corrected chi connectivity index (χ0v) is 19.8. The third-order valence-corrected chi connectivity index (χ3v) is 8.10. The van der Waals surface area contributed by atoms with Crippen LogP contribution in [0, 0.1) is 0 Å². The first-order valence-electron chi connectivity index (χ1n) is 10.8. The van der Waals surface area contributed by atoms with Crippen molar-refractivity contribution in [1.29, 1.82) is 0 Å². The van der Waals surface area contributed by atoms with Crippen molar-refractivity contribution >= 4 is 33.2 Å². The minimum Gasteiger partial charge on any atom is -0.321 e. The summed E-state index contributed by atoms with van der Waals surface area (Å²) in [5.41, 5.74) is 1.55. The number of amides is 1. The molecule has 4 rings (SSSR count). The van der Waals surface area contributed by atoms with Crippen LogP contribution in [0.1, 0.15) is 75.0 Å². The first-order chi connectivity index (χ1) is 14.6. The summed E-state index contributed by atoms with van der Waals surface area (Å²) in [7, 11) is -3.71. The Hall–Kier alpha value is -1.90. The molecule has 2 fully saturated rings. The van der Waals surface area contributed by atoms with Gasteiger partial charge < -0.3 is 5.32 Å². The zero-order chi connectivity index (χ0) is 22.4. The van der Waals surface area contributed by atoms with Crippen LogP contribution in [0.25, 0.3) is 0 Å². The molecule has 1 aliphatic carbocycles. The van der Waals surface area contributed by atoms with Crippen molar-refractivity contribution in [2.24, 2.45) is 0 Å². The molecule has 9 heteroatoms. The van der Waals surface area contributed by atoms with Crippen LogP contribution in [-0.4, -0.2) is 41.5 Å². The van der Waals surface area contributed by atoms with Crippen LogP contribution >= 0.6 is 11.6 Å². The molecule has 31 heavy (non-hydrogen) atoms. The molecule has 7 nitrogen and oxygen atoms in total. The summed E-state index contributed by atoms with van der Waals surface area (Å²) in [5.74, 6) is 0.0821. The van der Waals surface area contributed by atoms with Gasteiger partial charge in [-0.2, -0.15) is 9.40 Å². The van der Waals surface area contributed by atoms with E-state index in [0.717, 1.165) is 37.8 Å². The quantitative estimate of drug-likeness (QED) is 0.701. The molecule has 0 radical (unpaired) electrons. The van der Waals surface area contributed by atoms with Gasteiger partial charge in [-0.25, -0.2) is 8.42 Å². The monoisotopic (exact) mass is 464 g/mol. The van der Waals surface area contributed by atoms with E-state index in [0.29, 0.717) is 30.4 Å². The maximum Gasteiger partial charge on any atom is 0.276 e. The Morgan fingerprint density at radius 1 is 1.13 bits per heavy atom. The third kappa shape index (κ3) is 4.66. The van der Waals surface area contributed by atoms with Gasteiger partial charge in [0.1, 0.15) is 4.90 Å². The van der Waals surface area contributed by atoms with Crippen molar-refractivity contribution in [3.05, 3.63) is 40.7 Å². The van der Waals surface area contributed by atoms with E-state index in [4.69, 9.17) is 11.6 Å². The molecule has 0 atom stereocenters. The molecule has 1 saturated heterocycles. The third-order valence-electron chi connectivity index (χ3n) is 5.72. The van der Waals surface area contributed by atoms with Gasteiger partial charge in [-0.1, -0.05) is 18.0 Å². The Balaban J connectivity index is 1.59. The van der Waals surface area contributed by atoms with Crippen LogP contribution in [0.5, 0.6) is 0 Å². The predicted molar refractivity (Wildman–Crippen MR) is 121 cm³/mol.